The third kappa shape index (κ3) is 3.48. The molecule has 1 amide bonds. The van der Waals surface area contributed by atoms with E-state index in [-0.39, 0.29) is 22.6 Å². The smallest absolute Gasteiger partial charge is 0.259 e. The van der Waals surface area contributed by atoms with Crippen molar-refractivity contribution in [1.82, 2.24) is 24.7 Å². The fourth-order valence-electron chi connectivity index (χ4n) is 2.19. The maximum Gasteiger partial charge on any atom is 0.259 e. The lowest BCUT2D eigenvalue weighted by atomic mass is 10.2. The average molecular weight is 354 g/mol. The summed E-state index contributed by atoms with van der Waals surface area (Å²) in [5.74, 6) is -1.52. The van der Waals surface area contributed by atoms with Crippen LogP contribution in [0.2, 0.25) is 0 Å². The SMILES string of the molecule is Cn1cc(-c2cnc(/C(=C\N)C(=O)Nc3cc(N)cnc3F)cn2)cn1. The molecule has 0 aliphatic carbocycles. The van der Waals surface area contributed by atoms with Crippen molar-refractivity contribution in [3.05, 3.63) is 54.9 Å². The Hall–Kier alpha value is -3.82. The quantitative estimate of drug-likeness (QED) is 0.468. The Morgan fingerprint density at radius 2 is 2.04 bits per heavy atom. The Bertz CT molecular complexity index is 980. The number of anilines is 2. The van der Waals surface area contributed by atoms with Crippen LogP contribution >= 0.6 is 0 Å². The minimum Gasteiger partial charge on any atom is -0.404 e. The minimum atomic E-state index is -0.859. The van der Waals surface area contributed by atoms with Gasteiger partial charge in [0.2, 0.25) is 5.95 Å². The van der Waals surface area contributed by atoms with Crippen LogP contribution in [-0.2, 0) is 11.8 Å². The number of nitrogen functional groups attached to an aromatic ring is 1. The van der Waals surface area contributed by atoms with Gasteiger partial charge in [0.05, 0.1) is 53.1 Å². The summed E-state index contributed by atoms with van der Waals surface area (Å²) in [6.07, 6.45) is 8.53. The molecular formula is C16H15FN8O. The predicted molar refractivity (Wildman–Crippen MR) is 93.6 cm³/mol. The van der Waals surface area contributed by atoms with Gasteiger partial charge in [0.15, 0.2) is 0 Å². The molecule has 0 spiro atoms. The summed E-state index contributed by atoms with van der Waals surface area (Å²) in [6, 6.07) is 1.26. The zero-order valence-electron chi connectivity index (χ0n) is 13.7. The Morgan fingerprint density at radius 1 is 1.23 bits per heavy atom. The number of hydrogen-bond donors (Lipinski definition) is 3. The van der Waals surface area contributed by atoms with Gasteiger partial charge in [0, 0.05) is 25.0 Å². The van der Waals surface area contributed by atoms with E-state index in [2.05, 4.69) is 25.4 Å². The standard InChI is InChI=1S/C16H15FN8O/c1-25-8-9(4-23-25)13-6-21-14(7-20-13)11(3-18)16(26)24-12-2-10(19)5-22-15(12)17/h2-8H,18-19H2,1H3,(H,24,26)/b11-3+. The number of carbonyl (C=O) groups is 1. The number of aryl methyl sites for hydroxylation is 1. The number of nitrogens with one attached hydrogen (secondary N) is 1. The number of amides is 1. The van der Waals surface area contributed by atoms with Gasteiger partial charge < -0.3 is 16.8 Å². The second-order valence-corrected chi connectivity index (χ2v) is 5.33. The molecule has 0 aliphatic heterocycles. The van der Waals surface area contributed by atoms with E-state index in [0.717, 1.165) is 18.0 Å². The molecular weight excluding hydrogens is 339 g/mol. The highest BCUT2D eigenvalue weighted by molar-refractivity contribution is 6.24. The molecule has 3 heterocycles. The second kappa shape index (κ2) is 6.97. The van der Waals surface area contributed by atoms with Gasteiger partial charge in [-0.2, -0.15) is 9.49 Å². The molecule has 3 rings (SSSR count). The highest BCUT2D eigenvalue weighted by Gasteiger charge is 2.16. The van der Waals surface area contributed by atoms with E-state index in [0.29, 0.717) is 5.69 Å². The minimum absolute atomic E-state index is 0.0251. The van der Waals surface area contributed by atoms with Crippen LogP contribution in [0.25, 0.3) is 16.8 Å². The molecule has 3 aromatic rings. The molecule has 0 bridgehead atoms. The first-order valence-electron chi connectivity index (χ1n) is 7.43. The van der Waals surface area contributed by atoms with Crippen molar-refractivity contribution in [2.24, 2.45) is 12.8 Å². The first kappa shape index (κ1) is 17.0. The Morgan fingerprint density at radius 3 is 2.65 bits per heavy atom. The van der Waals surface area contributed by atoms with Gasteiger partial charge in [-0.25, -0.2) is 4.98 Å². The van der Waals surface area contributed by atoms with Crippen LogP contribution in [0.15, 0.2) is 43.3 Å². The van der Waals surface area contributed by atoms with E-state index >= 15 is 0 Å². The van der Waals surface area contributed by atoms with E-state index in [4.69, 9.17) is 11.5 Å². The highest BCUT2D eigenvalue weighted by atomic mass is 19.1. The summed E-state index contributed by atoms with van der Waals surface area (Å²) in [7, 11) is 1.79. The number of hydrogen-bond acceptors (Lipinski definition) is 7. The van der Waals surface area contributed by atoms with Gasteiger partial charge in [-0.1, -0.05) is 0 Å². The number of nitrogens with zero attached hydrogens (tertiary/aromatic N) is 5. The second-order valence-electron chi connectivity index (χ2n) is 5.33. The van der Waals surface area contributed by atoms with Crippen LogP contribution in [0.5, 0.6) is 0 Å². The lowest BCUT2D eigenvalue weighted by Crippen LogP contribution is -2.17. The summed E-state index contributed by atoms with van der Waals surface area (Å²) < 4.78 is 15.3. The van der Waals surface area contributed by atoms with Crippen molar-refractivity contribution in [3.8, 4) is 11.3 Å². The fraction of sp³-hybridized carbons (Fsp3) is 0.0625. The molecule has 0 unspecified atom stereocenters. The summed E-state index contributed by atoms with van der Waals surface area (Å²) in [6.45, 7) is 0. The van der Waals surface area contributed by atoms with Crippen LogP contribution in [0.1, 0.15) is 5.69 Å². The van der Waals surface area contributed by atoms with Crippen molar-refractivity contribution in [2.45, 2.75) is 0 Å². The van der Waals surface area contributed by atoms with Gasteiger partial charge in [0.25, 0.3) is 5.91 Å². The first-order valence-corrected chi connectivity index (χ1v) is 7.43. The van der Waals surface area contributed by atoms with Crippen molar-refractivity contribution in [3.63, 3.8) is 0 Å². The molecule has 132 valence electrons. The lowest BCUT2D eigenvalue weighted by molar-refractivity contribution is -0.111. The number of pyridine rings is 1. The maximum absolute atomic E-state index is 13.7. The Labute approximate surface area is 147 Å². The molecule has 5 N–H and O–H groups in total. The largest absolute Gasteiger partial charge is 0.404 e. The molecule has 0 aromatic carbocycles. The number of carbonyl (C=O) groups excluding carboxylic acids is 1. The first-order chi connectivity index (χ1) is 12.5. The third-order valence-electron chi connectivity index (χ3n) is 3.45. The summed E-state index contributed by atoms with van der Waals surface area (Å²) >= 11 is 0. The van der Waals surface area contributed by atoms with E-state index in [1.807, 2.05) is 0 Å². The van der Waals surface area contributed by atoms with Gasteiger partial charge >= 0.3 is 0 Å². The van der Waals surface area contributed by atoms with Crippen molar-refractivity contribution in [1.29, 1.82) is 0 Å². The van der Waals surface area contributed by atoms with Crippen LogP contribution in [-0.4, -0.2) is 30.6 Å². The van der Waals surface area contributed by atoms with E-state index in [1.165, 1.54) is 18.5 Å². The van der Waals surface area contributed by atoms with Crippen LogP contribution in [0.4, 0.5) is 15.8 Å². The zero-order valence-corrected chi connectivity index (χ0v) is 13.7. The van der Waals surface area contributed by atoms with Crippen molar-refractivity contribution in [2.75, 3.05) is 11.1 Å². The number of halogens is 1. The summed E-state index contributed by atoms with van der Waals surface area (Å²) in [5.41, 5.74) is 12.8. The summed E-state index contributed by atoms with van der Waals surface area (Å²) in [4.78, 5) is 24.3. The average Bonchev–Trinajstić information content (AvgIpc) is 3.06. The normalized spacial score (nSPS) is 11.4. The van der Waals surface area contributed by atoms with Crippen LogP contribution in [0.3, 0.4) is 0 Å². The third-order valence-corrected chi connectivity index (χ3v) is 3.45. The topological polar surface area (TPSA) is 138 Å². The molecule has 0 fully saturated rings. The van der Waals surface area contributed by atoms with Crippen molar-refractivity contribution < 1.29 is 9.18 Å². The molecule has 9 nitrogen and oxygen atoms in total. The molecule has 0 saturated heterocycles. The molecule has 0 atom stereocenters. The number of nitrogens with two attached hydrogens (primary N) is 2. The predicted octanol–water partition coefficient (Wildman–Crippen LogP) is 0.932. The fourth-order valence-corrected chi connectivity index (χ4v) is 2.19. The van der Waals surface area contributed by atoms with E-state index in [9.17, 15) is 9.18 Å². The molecule has 0 aliphatic rings. The molecule has 0 saturated carbocycles. The van der Waals surface area contributed by atoms with Gasteiger partial charge in [-0.3, -0.25) is 19.4 Å². The number of rotatable bonds is 4. The zero-order chi connectivity index (χ0) is 18.7. The van der Waals surface area contributed by atoms with E-state index < -0.39 is 11.9 Å². The van der Waals surface area contributed by atoms with E-state index in [1.54, 1.807) is 24.1 Å². The van der Waals surface area contributed by atoms with Gasteiger partial charge in [-0.15, -0.1) is 0 Å². The molecule has 3 aromatic heterocycles. The molecule has 10 heteroatoms. The van der Waals surface area contributed by atoms with Crippen LogP contribution < -0.4 is 16.8 Å². The monoisotopic (exact) mass is 354 g/mol. The van der Waals surface area contributed by atoms with Gasteiger partial charge in [0.1, 0.15) is 0 Å². The Kier molecular flexibility index (Phi) is 4.56. The molecule has 0 radical (unpaired) electrons. The summed E-state index contributed by atoms with van der Waals surface area (Å²) in [5, 5.41) is 6.42. The Balaban J connectivity index is 1.82. The molecule has 26 heavy (non-hydrogen) atoms. The maximum atomic E-state index is 13.7. The highest BCUT2D eigenvalue weighted by Crippen LogP contribution is 2.20. The lowest BCUT2D eigenvalue weighted by Gasteiger charge is -2.09. The van der Waals surface area contributed by atoms with Gasteiger partial charge in [-0.05, 0) is 6.07 Å². The number of aromatic nitrogens is 5. The van der Waals surface area contributed by atoms with Crippen molar-refractivity contribution >= 4 is 22.9 Å². The van der Waals surface area contributed by atoms with Crippen LogP contribution in [0, 0.1) is 5.95 Å².